The third-order valence-electron chi connectivity index (χ3n) is 2.83. The minimum Gasteiger partial charge on any atom is -0.376 e. The Morgan fingerprint density at radius 1 is 1.21 bits per heavy atom. The van der Waals surface area contributed by atoms with Gasteiger partial charge in [-0.25, -0.2) is 0 Å². The van der Waals surface area contributed by atoms with E-state index < -0.39 is 0 Å². The Morgan fingerprint density at radius 2 is 2.00 bits per heavy atom. The molecule has 0 aromatic carbocycles. The number of piperidine rings is 1. The molecule has 0 aliphatic carbocycles. The lowest BCUT2D eigenvalue weighted by Gasteiger charge is -2.24. The van der Waals surface area contributed by atoms with Crippen molar-refractivity contribution >= 4 is 12.4 Å². The third-order valence-corrected chi connectivity index (χ3v) is 2.83. The number of hydrogen-bond acceptors (Lipinski definition) is 3. The molecule has 0 aromatic rings. The Labute approximate surface area is 91.9 Å². The van der Waals surface area contributed by atoms with Gasteiger partial charge in [0.25, 0.3) is 0 Å². The van der Waals surface area contributed by atoms with Crippen molar-refractivity contribution in [3.05, 3.63) is 0 Å². The molecule has 2 aliphatic rings. The van der Waals surface area contributed by atoms with Gasteiger partial charge in [-0.05, 0) is 38.8 Å². The van der Waals surface area contributed by atoms with E-state index in [-0.39, 0.29) is 12.4 Å². The van der Waals surface area contributed by atoms with Crippen molar-refractivity contribution in [2.75, 3.05) is 26.3 Å². The summed E-state index contributed by atoms with van der Waals surface area (Å²) in [6.45, 7) is 3.96. The third kappa shape index (κ3) is 3.73. The zero-order valence-corrected chi connectivity index (χ0v) is 9.35. The van der Waals surface area contributed by atoms with Crippen LogP contribution < -0.4 is 5.32 Å². The van der Waals surface area contributed by atoms with Crippen molar-refractivity contribution in [1.29, 1.82) is 0 Å². The van der Waals surface area contributed by atoms with Gasteiger partial charge in [0.15, 0.2) is 0 Å². The fourth-order valence-corrected chi connectivity index (χ4v) is 1.98. The Morgan fingerprint density at radius 3 is 2.64 bits per heavy atom. The van der Waals surface area contributed by atoms with Crippen LogP contribution in [0.3, 0.4) is 0 Å². The molecule has 0 amide bonds. The fourth-order valence-electron chi connectivity index (χ4n) is 1.98. The first-order valence-corrected chi connectivity index (χ1v) is 5.39. The first-order valence-electron chi connectivity index (χ1n) is 5.39. The molecule has 1 N–H and O–H groups in total. The molecule has 1 unspecified atom stereocenters. The van der Waals surface area contributed by atoms with Crippen LogP contribution in [0.4, 0.5) is 0 Å². The number of rotatable bonds is 3. The maximum absolute atomic E-state index is 5.80. The van der Waals surface area contributed by atoms with Gasteiger partial charge < -0.3 is 14.8 Å². The first kappa shape index (κ1) is 12.2. The van der Waals surface area contributed by atoms with Crippen molar-refractivity contribution < 1.29 is 9.47 Å². The van der Waals surface area contributed by atoms with Gasteiger partial charge in [0.05, 0.1) is 18.8 Å². The van der Waals surface area contributed by atoms with E-state index in [4.69, 9.17) is 9.47 Å². The van der Waals surface area contributed by atoms with Gasteiger partial charge in [-0.1, -0.05) is 0 Å². The maximum Gasteiger partial charge on any atom is 0.0809 e. The molecule has 14 heavy (non-hydrogen) atoms. The molecular weight excluding hydrogens is 202 g/mol. The van der Waals surface area contributed by atoms with Gasteiger partial charge in [0.1, 0.15) is 0 Å². The molecule has 0 aromatic heterocycles. The Kier molecular flexibility index (Phi) is 5.78. The van der Waals surface area contributed by atoms with Gasteiger partial charge in [0, 0.05) is 6.61 Å². The fraction of sp³-hybridized carbons (Fsp3) is 1.00. The average molecular weight is 222 g/mol. The highest BCUT2D eigenvalue weighted by Gasteiger charge is 2.19. The molecule has 0 saturated carbocycles. The highest BCUT2D eigenvalue weighted by molar-refractivity contribution is 5.85. The van der Waals surface area contributed by atoms with Gasteiger partial charge in [-0.2, -0.15) is 0 Å². The van der Waals surface area contributed by atoms with Gasteiger partial charge >= 0.3 is 0 Å². The molecule has 2 heterocycles. The number of nitrogens with one attached hydrogen (secondary N) is 1. The molecular formula is C10H20ClNO2. The van der Waals surface area contributed by atoms with E-state index in [0.29, 0.717) is 12.2 Å². The quantitative estimate of drug-likeness (QED) is 0.781. The highest BCUT2D eigenvalue weighted by Crippen LogP contribution is 2.15. The molecule has 84 valence electrons. The second-order valence-corrected chi connectivity index (χ2v) is 3.92. The van der Waals surface area contributed by atoms with Crippen LogP contribution in [0.1, 0.15) is 25.7 Å². The topological polar surface area (TPSA) is 30.5 Å². The summed E-state index contributed by atoms with van der Waals surface area (Å²) in [7, 11) is 0. The lowest BCUT2D eigenvalue weighted by atomic mass is 10.1. The predicted octanol–water partition coefficient (Wildman–Crippen LogP) is 1.36. The summed E-state index contributed by atoms with van der Waals surface area (Å²) in [4.78, 5) is 0. The molecule has 3 nitrogen and oxygen atoms in total. The summed E-state index contributed by atoms with van der Waals surface area (Å²) in [5.74, 6) is 0. The summed E-state index contributed by atoms with van der Waals surface area (Å²) in [6, 6.07) is 0. The van der Waals surface area contributed by atoms with Crippen LogP contribution in [-0.2, 0) is 9.47 Å². The van der Waals surface area contributed by atoms with Crippen molar-refractivity contribution in [3.8, 4) is 0 Å². The SMILES string of the molecule is C1COC(COC2CCNCC2)C1.Cl. The average Bonchev–Trinajstić information content (AvgIpc) is 2.69. The molecule has 1 atom stereocenters. The van der Waals surface area contributed by atoms with Crippen LogP contribution in [-0.4, -0.2) is 38.5 Å². The predicted molar refractivity (Wildman–Crippen MR) is 58.1 cm³/mol. The van der Waals surface area contributed by atoms with Crippen LogP contribution in [0, 0.1) is 0 Å². The van der Waals surface area contributed by atoms with E-state index in [1.165, 1.54) is 12.8 Å². The lowest BCUT2D eigenvalue weighted by molar-refractivity contribution is -0.0300. The van der Waals surface area contributed by atoms with Gasteiger partial charge in [-0.15, -0.1) is 12.4 Å². The van der Waals surface area contributed by atoms with Crippen LogP contribution >= 0.6 is 12.4 Å². The maximum atomic E-state index is 5.80. The first-order chi connectivity index (χ1) is 6.45. The summed E-state index contributed by atoms with van der Waals surface area (Å²) >= 11 is 0. The van der Waals surface area contributed by atoms with E-state index >= 15 is 0 Å². The summed E-state index contributed by atoms with van der Waals surface area (Å²) in [5.41, 5.74) is 0. The molecule has 0 spiro atoms. The van der Waals surface area contributed by atoms with Crippen LogP contribution in [0.5, 0.6) is 0 Å². The standard InChI is InChI=1S/C10H19NO2.ClH/c1-2-10(12-7-1)8-13-9-3-5-11-6-4-9;/h9-11H,1-8H2;1H. The Balaban J connectivity index is 0.000000980. The Bertz CT molecular complexity index is 145. The minimum atomic E-state index is 0. The van der Waals surface area contributed by atoms with Gasteiger partial charge in [0.2, 0.25) is 0 Å². The van der Waals surface area contributed by atoms with E-state index in [9.17, 15) is 0 Å². The smallest absolute Gasteiger partial charge is 0.0809 e. The van der Waals surface area contributed by atoms with Crippen molar-refractivity contribution in [3.63, 3.8) is 0 Å². The molecule has 2 rings (SSSR count). The number of hydrogen-bond donors (Lipinski definition) is 1. The molecule has 2 saturated heterocycles. The van der Waals surface area contributed by atoms with Crippen LogP contribution in [0.15, 0.2) is 0 Å². The zero-order chi connectivity index (χ0) is 8.93. The summed E-state index contributed by atoms with van der Waals surface area (Å²) in [5, 5.41) is 3.33. The van der Waals surface area contributed by atoms with E-state index in [1.54, 1.807) is 0 Å². The molecule has 0 bridgehead atoms. The van der Waals surface area contributed by atoms with Crippen molar-refractivity contribution in [2.24, 2.45) is 0 Å². The zero-order valence-electron chi connectivity index (χ0n) is 8.54. The largest absolute Gasteiger partial charge is 0.376 e. The molecule has 2 aliphatic heterocycles. The monoisotopic (exact) mass is 221 g/mol. The Hall–Kier alpha value is 0.170. The molecule has 2 fully saturated rings. The summed E-state index contributed by atoms with van der Waals surface area (Å²) < 4.78 is 11.3. The second kappa shape index (κ2) is 6.62. The van der Waals surface area contributed by atoms with E-state index in [0.717, 1.165) is 39.1 Å². The van der Waals surface area contributed by atoms with E-state index in [2.05, 4.69) is 5.32 Å². The number of halogens is 1. The second-order valence-electron chi connectivity index (χ2n) is 3.92. The normalized spacial score (nSPS) is 28.7. The van der Waals surface area contributed by atoms with Crippen LogP contribution in [0.2, 0.25) is 0 Å². The number of ether oxygens (including phenoxy) is 2. The minimum absolute atomic E-state index is 0. The van der Waals surface area contributed by atoms with Crippen LogP contribution in [0.25, 0.3) is 0 Å². The van der Waals surface area contributed by atoms with Crippen molar-refractivity contribution in [2.45, 2.75) is 37.9 Å². The lowest BCUT2D eigenvalue weighted by Crippen LogP contribution is -2.34. The van der Waals surface area contributed by atoms with Gasteiger partial charge in [-0.3, -0.25) is 0 Å². The van der Waals surface area contributed by atoms with Crippen molar-refractivity contribution in [1.82, 2.24) is 5.32 Å². The molecule has 0 radical (unpaired) electrons. The molecule has 4 heteroatoms. The highest BCUT2D eigenvalue weighted by atomic mass is 35.5. The summed E-state index contributed by atoms with van der Waals surface area (Å²) in [6.07, 6.45) is 5.57. The van der Waals surface area contributed by atoms with E-state index in [1.807, 2.05) is 0 Å².